The zero-order valence-corrected chi connectivity index (χ0v) is 18.0. The lowest BCUT2D eigenvalue weighted by Gasteiger charge is -2.33. The first kappa shape index (κ1) is 20.4. The van der Waals surface area contributed by atoms with Gasteiger partial charge >= 0.3 is 0 Å². The van der Waals surface area contributed by atoms with Crippen molar-refractivity contribution in [1.82, 2.24) is 14.1 Å². The van der Waals surface area contributed by atoms with Gasteiger partial charge in [0.2, 0.25) is 10.0 Å². The van der Waals surface area contributed by atoms with Gasteiger partial charge in [-0.15, -0.1) is 0 Å². The van der Waals surface area contributed by atoms with Crippen LogP contribution in [0.2, 0.25) is 0 Å². The summed E-state index contributed by atoms with van der Waals surface area (Å²) < 4.78 is 33.4. The Balaban J connectivity index is 1.62. The molecule has 1 aromatic carbocycles. The molecule has 2 aliphatic heterocycles. The summed E-state index contributed by atoms with van der Waals surface area (Å²) in [4.78, 5) is 17.4. The van der Waals surface area contributed by atoms with E-state index < -0.39 is 10.0 Å². The van der Waals surface area contributed by atoms with Crippen LogP contribution in [-0.4, -0.2) is 74.2 Å². The average molecular weight is 420 g/mol. The minimum Gasteiger partial charge on any atom is -0.451 e. The van der Waals surface area contributed by atoms with Crippen LogP contribution in [-0.2, 0) is 10.0 Å². The van der Waals surface area contributed by atoms with Crippen LogP contribution in [0.1, 0.15) is 42.3 Å². The number of aryl methyl sites for hydroxylation is 1. The summed E-state index contributed by atoms with van der Waals surface area (Å²) in [7, 11) is -3.52. The Bertz CT molecular complexity index is 1000. The van der Waals surface area contributed by atoms with Crippen LogP contribution in [0.3, 0.4) is 0 Å². The van der Waals surface area contributed by atoms with Crippen molar-refractivity contribution in [2.45, 2.75) is 38.0 Å². The Morgan fingerprint density at radius 2 is 1.72 bits per heavy atom. The van der Waals surface area contributed by atoms with Crippen LogP contribution in [0.4, 0.5) is 0 Å². The van der Waals surface area contributed by atoms with Crippen LogP contribution in [0.15, 0.2) is 27.5 Å². The van der Waals surface area contributed by atoms with Crippen LogP contribution < -0.4 is 0 Å². The summed E-state index contributed by atoms with van der Waals surface area (Å²) in [6.07, 6.45) is 2.87. The highest BCUT2D eigenvalue weighted by Crippen LogP contribution is 2.30. The van der Waals surface area contributed by atoms with Crippen LogP contribution in [0.5, 0.6) is 0 Å². The first-order chi connectivity index (χ1) is 13.9. The average Bonchev–Trinajstić information content (AvgIpc) is 3.10. The molecular weight excluding hydrogens is 390 g/mol. The van der Waals surface area contributed by atoms with E-state index in [1.165, 1.54) is 0 Å². The second-order valence-corrected chi connectivity index (χ2v) is 9.84. The maximum Gasteiger partial charge on any atom is 0.289 e. The number of hydrogen-bond donors (Lipinski definition) is 0. The molecule has 4 rings (SSSR count). The minimum atomic E-state index is -3.52. The van der Waals surface area contributed by atoms with Gasteiger partial charge in [-0.2, -0.15) is 4.31 Å². The van der Waals surface area contributed by atoms with E-state index in [1.807, 2.05) is 11.8 Å². The first-order valence-electron chi connectivity index (χ1n) is 10.5. The number of carbonyl (C=O) groups excluding carboxylic acids is 1. The number of piperazine rings is 1. The number of nitrogens with zero attached hydrogens (tertiary/aromatic N) is 3. The number of carbonyl (C=O) groups is 1. The van der Waals surface area contributed by atoms with Crippen molar-refractivity contribution in [3.8, 4) is 0 Å². The fourth-order valence-electron chi connectivity index (χ4n) is 4.23. The van der Waals surface area contributed by atoms with Gasteiger partial charge in [0.25, 0.3) is 5.91 Å². The smallest absolute Gasteiger partial charge is 0.289 e. The molecule has 158 valence electrons. The molecule has 29 heavy (non-hydrogen) atoms. The van der Waals surface area contributed by atoms with Gasteiger partial charge in [0.15, 0.2) is 5.76 Å². The second-order valence-electron chi connectivity index (χ2n) is 7.91. The molecule has 2 saturated heterocycles. The summed E-state index contributed by atoms with van der Waals surface area (Å²) in [6.45, 7) is 9.15. The van der Waals surface area contributed by atoms with Gasteiger partial charge in [0, 0.05) is 50.2 Å². The molecule has 3 heterocycles. The van der Waals surface area contributed by atoms with Crippen molar-refractivity contribution >= 4 is 26.9 Å². The molecule has 0 aliphatic carbocycles. The third kappa shape index (κ3) is 3.81. The fraction of sp³-hybridized carbons (Fsp3) is 0.571. The number of rotatable bonds is 4. The molecular formula is C21H29N3O4S. The Kier molecular flexibility index (Phi) is 5.68. The molecule has 0 unspecified atom stereocenters. The first-order valence-corrected chi connectivity index (χ1v) is 11.9. The molecule has 0 N–H and O–H groups in total. The number of benzene rings is 1. The molecule has 0 saturated carbocycles. The number of likely N-dealkylation sites (N-methyl/N-ethyl adjacent to an activating group) is 1. The van der Waals surface area contributed by atoms with E-state index >= 15 is 0 Å². The molecule has 0 bridgehead atoms. The highest BCUT2D eigenvalue weighted by molar-refractivity contribution is 7.89. The SMILES string of the molecule is CCN1CCN(C(=O)c2oc3ccc(S(=O)(=O)N4CCCCC4)cc3c2C)CC1. The second kappa shape index (κ2) is 8.08. The Hall–Kier alpha value is -1.90. The third-order valence-electron chi connectivity index (χ3n) is 6.16. The maximum absolute atomic E-state index is 13.0. The van der Waals surface area contributed by atoms with E-state index in [1.54, 1.807) is 22.5 Å². The molecule has 1 aromatic heterocycles. The van der Waals surface area contributed by atoms with Crippen molar-refractivity contribution in [1.29, 1.82) is 0 Å². The molecule has 8 heteroatoms. The van der Waals surface area contributed by atoms with Crippen molar-refractivity contribution in [3.05, 3.63) is 29.5 Å². The predicted molar refractivity (Wildman–Crippen MR) is 112 cm³/mol. The van der Waals surface area contributed by atoms with Crippen LogP contribution in [0, 0.1) is 6.92 Å². The summed E-state index contributed by atoms with van der Waals surface area (Å²) in [6, 6.07) is 4.92. The van der Waals surface area contributed by atoms with E-state index in [0.29, 0.717) is 48.5 Å². The van der Waals surface area contributed by atoms with Crippen molar-refractivity contribution < 1.29 is 17.6 Å². The number of fused-ring (bicyclic) bond motifs is 1. The van der Waals surface area contributed by atoms with Crippen molar-refractivity contribution in [2.75, 3.05) is 45.8 Å². The zero-order valence-electron chi connectivity index (χ0n) is 17.2. The molecule has 1 amide bonds. The van der Waals surface area contributed by atoms with E-state index in [9.17, 15) is 13.2 Å². The summed E-state index contributed by atoms with van der Waals surface area (Å²) in [5, 5.41) is 0.693. The van der Waals surface area contributed by atoms with Crippen molar-refractivity contribution in [2.24, 2.45) is 0 Å². The van der Waals surface area contributed by atoms with Crippen molar-refractivity contribution in [3.63, 3.8) is 0 Å². The predicted octanol–water partition coefficient (Wildman–Crippen LogP) is 2.69. The monoisotopic (exact) mass is 419 g/mol. The number of sulfonamides is 1. The largest absolute Gasteiger partial charge is 0.451 e. The zero-order chi connectivity index (χ0) is 20.6. The maximum atomic E-state index is 13.0. The lowest BCUT2D eigenvalue weighted by molar-refractivity contribution is 0.0613. The number of furan rings is 1. The summed E-state index contributed by atoms with van der Waals surface area (Å²) in [5.74, 6) is 0.201. The van der Waals surface area contributed by atoms with E-state index in [-0.39, 0.29) is 10.8 Å². The van der Waals surface area contributed by atoms with Gasteiger partial charge in [-0.05, 0) is 44.5 Å². The van der Waals surface area contributed by atoms with Crippen LogP contribution >= 0.6 is 0 Å². The molecule has 2 fully saturated rings. The Morgan fingerprint density at radius 1 is 1.03 bits per heavy atom. The third-order valence-corrected chi connectivity index (χ3v) is 8.06. The topological polar surface area (TPSA) is 74.1 Å². The van der Waals surface area contributed by atoms with Gasteiger partial charge in [0.1, 0.15) is 5.58 Å². The van der Waals surface area contributed by atoms with Gasteiger partial charge < -0.3 is 14.2 Å². The summed E-state index contributed by atoms with van der Waals surface area (Å²) in [5.41, 5.74) is 1.26. The van der Waals surface area contributed by atoms with Gasteiger partial charge in [-0.1, -0.05) is 13.3 Å². The lowest BCUT2D eigenvalue weighted by Crippen LogP contribution is -2.48. The lowest BCUT2D eigenvalue weighted by atomic mass is 10.1. The highest BCUT2D eigenvalue weighted by atomic mass is 32.2. The molecule has 0 spiro atoms. The number of hydrogen-bond acceptors (Lipinski definition) is 5. The standard InChI is InChI=1S/C21H29N3O4S/c1-3-22-11-13-23(14-12-22)21(25)20-16(2)18-15-17(7-8-19(18)28-20)29(26,27)24-9-5-4-6-10-24/h7-8,15H,3-6,9-14H2,1-2H3. The van der Waals surface area contributed by atoms with Gasteiger partial charge in [-0.25, -0.2) is 8.42 Å². The molecule has 2 aromatic rings. The van der Waals surface area contributed by atoms with E-state index in [4.69, 9.17) is 4.42 Å². The van der Waals surface area contributed by atoms with E-state index in [2.05, 4.69) is 11.8 Å². The quantitative estimate of drug-likeness (QED) is 0.762. The minimum absolute atomic E-state index is 0.116. The van der Waals surface area contributed by atoms with E-state index in [0.717, 1.165) is 38.9 Å². The van der Waals surface area contributed by atoms with Gasteiger partial charge in [-0.3, -0.25) is 4.79 Å². The molecule has 7 nitrogen and oxygen atoms in total. The molecule has 2 aliphatic rings. The number of piperidine rings is 1. The normalized spacial score (nSPS) is 19.7. The van der Waals surface area contributed by atoms with Gasteiger partial charge in [0.05, 0.1) is 4.90 Å². The molecule has 0 radical (unpaired) electrons. The van der Waals surface area contributed by atoms with Crippen LogP contribution in [0.25, 0.3) is 11.0 Å². The Morgan fingerprint density at radius 3 is 2.38 bits per heavy atom. The fourth-order valence-corrected chi connectivity index (χ4v) is 5.77. The molecule has 0 atom stereocenters. The summed E-state index contributed by atoms with van der Waals surface area (Å²) >= 11 is 0. The number of amides is 1. The highest BCUT2D eigenvalue weighted by Gasteiger charge is 2.29. The Labute approximate surface area is 172 Å².